The first kappa shape index (κ1) is 14.9. The third-order valence-electron chi connectivity index (χ3n) is 3.33. The van der Waals surface area contributed by atoms with Gasteiger partial charge in [-0.2, -0.15) is 4.98 Å². The smallest absolute Gasteiger partial charge is 0.352 e. The van der Waals surface area contributed by atoms with Crippen LogP contribution in [0.1, 0.15) is 22.5 Å². The molecule has 0 aliphatic carbocycles. The molecule has 21 heavy (non-hydrogen) atoms. The molecule has 2 rings (SSSR count). The number of carboxylic acid groups (broad SMARTS) is 1. The van der Waals surface area contributed by atoms with Gasteiger partial charge in [0, 0.05) is 17.0 Å². The lowest BCUT2D eigenvalue weighted by Gasteiger charge is -2.15. The number of carboxylic acids is 1. The molecule has 0 amide bonds. The number of halogens is 1. The maximum atomic E-state index is 14.0. The number of hydrogen-bond donors (Lipinski definition) is 1. The van der Waals surface area contributed by atoms with E-state index in [2.05, 4.69) is 4.98 Å². The molecule has 1 N–H and O–H groups in total. The van der Waals surface area contributed by atoms with E-state index in [1.807, 2.05) is 0 Å². The van der Waals surface area contributed by atoms with Crippen molar-refractivity contribution in [1.29, 1.82) is 0 Å². The maximum Gasteiger partial charge on any atom is 0.352 e. The number of benzene rings is 1. The molecule has 0 fully saturated rings. The first-order valence-electron chi connectivity index (χ1n) is 6.38. The Morgan fingerprint density at radius 2 is 2.00 bits per heavy atom. The van der Waals surface area contributed by atoms with Gasteiger partial charge in [0.1, 0.15) is 5.82 Å². The molecule has 2 aromatic rings. The van der Waals surface area contributed by atoms with E-state index in [4.69, 9.17) is 5.11 Å². The summed E-state index contributed by atoms with van der Waals surface area (Å²) in [5.41, 5.74) is 1.41. The van der Waals surface area contributed by atoms with E-state index in [1.54, 1.807) is 26.8 Å². The van der Waals surface area contributed by atoms with Crippen LogP contribution in [0.4, 0.5) is 4.39 Å². The Bertz CT molecular complexity index is 781. The molecular formula is C15H15FN2O3. The molecule has 1 aromatic heterocycles. The Kier molecular flexibility index (Phi) is 3.88. The summed E-state index contributed by atoms with van der Waals surface area (Å²) < 4.78 is 15.1. The zero-order chi connectivity index (χ0) is 15.7. The number of rotatable bonds is 3. The van der Waals surface area contributed by atoms with Gasteiger partial charge in [0.05, 0.1) is 12.1 Å². The van der Waals surface area contributed by atoms with E-state index in [1.165, 1.54) is 12.1 Å². The molecule has 110 valence electrons. The monoisotopic (exact) mass is 290 g/mol. The average Bonchev–Trinajstić information content (AvgIpc) is 2.38. The Labute approximate surface area is 120 Å². The molecule has 1 heterocycles. The zero-order valence-electron chi connectivity index (χ0n) is 12.0. The third kappa shape index (κ3) is 2.84. The topological polar surface area (TPSA) is 72.2 Å². The second-order valence-electron chi connectivity index (χ2n) is 4.90. The van der Waals surface area contributed by atoms with Crippen LogP contribution in [-0.2, 0) is 11.2 Å². The Balaban J connectivity index is 2.77. The van der Waals surface area contributed by atoms with E-state index >= 15 is 0 Å². The highest BCUT2D eigenvalue weighted by atomic mass is 19.1. The van der Waals surface area contributed by atoms with Gasteiger partial charge in [0.2, 0.25) is 0 Å². The minimum absolute atomic E-state index is 0.0802. The molecule has 0 atom stereocenters. The van der Waals surface area contributed by atoms with E-state index in [9.17, 15) is 14.0 Å². The molecule has 0 saturated heterocycles. The van der Waals surface area contributed by atoms with Gasteiger partial charge in [-0.05, 0) is 38.5 Å². The number of aryl methyl sites for hydroxylation is 2. The number of aromatic nitrogens is 2. The lowest BCUT2D eigenvalue weighted by Crippen LogP contribution is -2.28. The lowest BCUT2D eigenvalue weighted by molar-refractivity contribution is -0.136. The summed E-state index contributed by atoms with van der Waals surface area (Å²) in [6.07, 6.45) is -0.265. The van der Waals surface area contributed by atoms with Gasteiger partial charge in [-0.25, -0.2) is 9.18 Å². The number of hydrogen-bond acceptors (Lipinski definition) is 3. The molecule has 6 heteroatoms. The predicted octanol–water partition coefficient (Wildman–Crippen LogP) is 1.92. The maximum absolute atomic E-state index is 14.0. The highest BCUT2D eigenvalue weighted by Crippen LogP contribution is 2.18. The van der Waals surface area contributed by atoms with Crippen LogP contribution in [0.15, 0.2) is 23.0 Å². The molecule has 0 aliphatic rings. The highest BCUT2D eigenvalue weighted by molar-refractivity contribution is 5.71. The van der Waals surface area contributed by atoms with Crippen LogP contribution in [0.2, 0.25) is 0 Å². The van der Waals surface area contributed by atoms with Crippen molar-refractivity contribution in [2.75, 3.05) is 0 Å². The van der Waals surface area contributed by atoms with Crippen molar-refractivity contribution in [1.82, 2.24) is 9.55 Å². The van der Waals surface area contributed by atoms with Crippen molar-refractivity contribution in [3.63, 3.8) is 0 Å². The van der Waals surface area contributed by atoms with Crippen molar-refractivity contribution in [2.24, 2.45) is 0 Å². The van der Waals surface area contributed by atoms with Crippen molar-refractivity contribution in [3.8, 4) is 5.69 Å². The Morgan fingerprint density at radius 3 is 2.62 bits per heavy atom. The molecular weight excluding hydrogens is 275 g/mol. The van der Waals surface area contributed by atoms with Gasteiger partial charge in [0.25, 0.3) is 0 Å². The molecule has 0 spiro atoms. The van der Waals surface area contributed by atoms with Crippen LogP contribution in [0.25, 0.3) is 5.69 Å². The Morgan fingerprint density at radius 1 is 1.33 bits per heavy atom. The minimum atomic E-state index is -1.03. The van der Waals surface area contributed by atoms with Gasteiger partial charge in [-0.15, -0.1) is 0 Å². The molecule has 0 bridgehead atoms. The lowest BCUT2D eigenvalue weighted by atomic mass is 10.1. The summed E-state index contributed by atoms with van der Waals surface area (Å²) >= 11 is 0. The van der Waals surface area contributed by atoms with Crippen LogP contribution in [0, 0.1) is 26.6 Å². The number of aliphatic carboxylic acids is 1. The second kappa shape index (κ2) is 5.47. The normalized spacial score (nSPS) is 10.7. The number of nitrogens with zero attached hydrogens (tertiary/aromatic N) is 2. The predicted molar refractivity (Wildman–Crippen MR) is 75.3 cm³/mol. The number of carbonyl (C=O) groups is 1. The fourth-order valence-electron chi connectivity index (χ4n) is 2.29. The van der Waals surface area contributed by atoms with Gasteiger partial charge in [0.15, 0.2) is 0 Å². The van der Waals surface area contributed by atoms with Crippen molar-refractivity contribution < 1.29 is 14.3 Å². The van der Waals surface area contributed by atoms with Gasteiger partial charge >= 0.3 is 11.7 Å². The van der Waals surface area contributed by atoms with Gasteiger partial charge < -0.3 is 5.11 Å². The minimum Gasteiger partial charge on any atom is -0.481 e. The van der Waals surface area contributed by atoms with Crippen molar-refractivity contribution >= 4 is 5.97 Å². The highest BCUT2D eigenvalue weighted by Gasteiger charge is 2.17. The molecule has 5 nitrogen and oxygen atoms in total. The first-order chi connectivity index (χ1) is 9.81. The van der Waals surface area contributed by atoms with Crippen LogP contribution in [0.5, 0.6) is 0 Å². The summed E-state index contributed by atoms with van der Waals surface area (Å²) in [5.74, 6) is -1.59. The van der Waals surface area contributed by atoms with Crippen molar-refractivity contribution in [2.45, 2.75) is 27.2 Å². The van der Waals surface area contributed by atoms with Crippen LogP contribution in [-0.4, -0.2) is 20.6 Å². The SMILES string of the molecule is Cc1ccc(F)c(-n2c(C)c(CC(=O)O)c(C)nc2=O)c1. The summed E-state index contributed by atoms with van der Waals surface area (Å²) in [7, 11) is 0. The third-order valence-corrected chi connectivity index (χ3v) is 3.33. The molecule has 0 aliphatic heterocycles. The largest absolute Gasteiger partial charge is 0.481 e. The van der Waals surface area contributed by atoms with E-state index in [0.29, 0.717) is 17.0 Å². The van der Waals surface area contributed by atoms with Crippen molar-refractivity contribution in [3.05, 3.63) is 57.0 Å². The van der Waals surface area contributed by atoms with Crippen LogP contribution < -0.4 is 5.69 Å². The second-order valence-corrected chi connectivity index (χ2v) is 4.90. The molecule has 0 unspecified atom stereocenters. The van der Waals surface area contributed by atoms with E-state index < -0.39 is 17.5 Å². The van der Waals surface area contributed by atoms with E-state index in [0.717, 1.165) is 10.1 Å². The molecule has 0 radical (unpaired) electrons. The average molecular weight is 290 g/mol. The van der Waals surface area contributed by atoms with E-state index in [-0.39, 0.29) is 12.1 Å². The van der Waals surface area contributed by atoms with Crippen LogP contribution >= 0.6 is 0 Å². The standard InChI is InChI=1S/C15H15FN2O3/c1-8-4-5-12(16)13(6-8)18-10(3)11(7-14(19)20)9(2)17-15(18)21/h4-6H,7H2,1-3H3,(H,19,20). The fraction of sp³-hybridized carbons (Fsp3) is 0.267. The zero-order valence-corrected chi connectivity index (χ0v) is 12.0. The van der Waals surface area contributed by atoms with Gasteiger partial charge in [-0.3, -0.25) is 9.36 Å². The van der Waals surface area contributed by atoms with Gasteiger partial charge in [-0.1, -0.05) is 6.07 Å². The summed E-state index contributed by atoms with van der Waals surface area (Å²) in [4.78, 5) is 26.9. The summed E-state index contributed by atoms with van der Waals surface area (Å²) in [5, 5.41) is 8.96. The molecule has 0 saturated carbocycles. The summed E-state index contributed by atoms with van der Waals surface area (Å²) in [6.45, 7) is 4.95. The molecule has 1 aromatic carbocycles. The fourth-order valence-corrected chi connectivity index (χ4v) is 2.29. The quantitative estimate of drug-likeness (QED) is 0.937. The van der Waals surface area contributed by atoms with Crippen LogP contribution in [0.3, 0.4) is 0 Å². The summed E-state index contributed by atoms with van der Waals surface area (Å²) in [6, 6.07) is 4.40. The first-order valence-corrected chi connectivity index (χ1v) is 6.38. The Hall–Kier alpha value is -2.50.